The first-order valence-electron chi connectivity index (χ1n) is 8.41. The lowest BCUT2D eigenvalue weighted by Gasteiger charge is -2.16. The Morgan fingerprint density at radius 3 is 2.38 bits per heavy atom. The second-order valence-electron chi connectivity index (χ2n) is 8.27. The number of tetrazole rings is 1. The molecule has 0 aliphatic rings. The van der Waals surface area contributed by atoms with Gasteiger partial charge in [0.05, 0.1) is 0 Å². The zero-order chi connectivity index (χ0) is 19.1. The molecule has 0 saturated heterocycles. The van der Waals surface area contributed by atoms with Crippen molar-refractivity contribution in [3.05, 3.63) is 17.3 Å². The minimum absolute atomic E-state index is 0.207. The monoisotopic (exact) mass is 369 g/mol. The van der Waals surface area contributed by atoms with E-state index in [2.05, 4.69) is 87.6 Å². The van der Waals surface area contributed by atoms with Crippen molar-refractivity contribution in [1.29, 1.82) is 0 Å². The minimum atomic E-state index is -1.55. The van der Waals surface area contributed by atoms with Gasteiger partial charge in [-0.1, -0.05) is 46.3 Å². The van der Waals surface area contributed by atoms with Crippen LogP contribution < -0.4 is 0 Å². The zero-order valence-corrected chi connectivity index (χ0v) is 17.2. The highest BCUT2D eigenvalue weighted by atomic mass is 28.3. The summed E-state index contributed by atoms with van der Waals surface area (Å²) in [5.41, 5.74) is 4.93. The summed E-state index contributed by atoms with van der Waals surface area (Å²) in [4.78, 5) is 10.8. The first kappa shape index (κ1) is 18.1. The Morgan fingerprint density at radius 2 is 1.81 bits per heavy atom. The summed E-state index contributed by atoms with van der Waals surface area (Å²) in [6, 6.07) is 0. The molecule has 0 aliphatic carbocycles. The average molecular weight is 370 g/mol. The van der Waals surface area contributed by atoms with Crippen LogP contribution in [-0.4, -0.2) is 53.2 Å². The minimum Gasteiger partial charge on any atom is -0.231 e. The van der Waals surface area contributed by atoms with Crippen LogP contribution in [0.4, 0.5) is 0 Å². The second kappa shape index (κ2) is 6.24. The summed E-state index contributed by atoms with van der Waals surface area (Å²) in [5, 5.41) is 20.5. The summed E-state index contributed by atoms with van der Waals surface area (Å²) in [6.45, 7) is 13.1. The van der Waals surface area contributed by atoms with E-state index in [4.69, 9.17) is 0 Å². The van der Waals surface area contributed by atoms with Crippen molar-refractivity contribution < 1.29 is 0 Å². The van der Waals surface area contributed by atoms with Crippen LogP contribution >= 0.6 is 0 Å². The Morgan fingerprint density at radius 1 is 1.08 bits per heavy atom. The van der Waals surface area contributed by atoms with Gasteiger partial charge in [-0.2, -0.15) is 4.80 Å². The third kappa shape index (κ3) is 3.93. The van der Waals surface area contributed by atoms with Crippen LogP contribution in [-0.2, 0) is 19.0 Å². The molecule has 0 unspecified atom stereocenters. The van der Waals surface area contributed by atoms with Crippen molar-refractivity contribution in [1.82, 2.24) is 45.2 Å². The normalized spacial score (nSPS) is 12.3. The third-order valence-corrected chi connectivity index (χ3v) is 4.38. The van der Waals surface area contributed by atoms with Gasteiger partial charge in [0.1, 0.15) is 26.1 Å². The second-order valence-corrected chi connectivity index (χ2v) is 13.0. The van der Waals surface area contributed by atoms with Crippen molar-refractivity contribution in [2.24, 2.45) is 7.05 Å². The molecule has 3 aromatic rings. The van der Waals surface area contributed by atoms with Gasteiger partial charge < -0.3 is 0 Å². The van der Waals surface area contributed by atoms with E-state index in [1.54, 1.807) is 11.7 Å². The maximum Gasteiger partial charge on any atom is 0.206 e. The molecule has 0 aliphatic heterocycles. The highest BCUT2D eigenvalue weighted by molar-refractivity contribution is 6.83. The van der Waals surface area contributed by atoms with Gasteiger partial charge in [0.2, 0.25) is 5.65 Å². The molecule has 0 amide bonds. The van der Waals surface area contributed by atoms with Crippen molar-refractivity contribution in [3.63, 3.8) is 0 Å². The first-order valence-corrected chi connectivity index (χ1v) is 11.9. The van der Waals surface area contributed by atoms with Crippen LogP contribution in [0.25, 0.3) is 11.2 Å². The summed E-state index contributed by atoms with van der Waals surface area (Å²) in [7, 11) is 0.229. The van der Waals surface area contributed by atoms with E-state index in [1.165, 1.54) is 4.80 Å². The maximum absolute atomic E-state index is 4.68. The molecule has 0 radical (unpaired) electrons. The van der Waals surface area contributed by atoms with E-state index in [0.29, 0.717) is 35.1 Å². The molecule has 0 atom stereocenters. The van der Waals surface area contributed by atoms with Gasteiger partial charge in [0.25, 0.3) is 0 Å². The number of hydrogen-bond acceptors (Lipinski definition) is 7. The van der Waals surface area contributed by atoms with Crippen LogP contribution in [0, 0.1) is 11.5 Å². The van der Waals surface area contributed by atoms with Gasteiger partial charge in [0, 0.05) is 12.5 Å². The molecule has 0 spiro atoms. The number of hydrogen-bond donors (Lipinski definition) is 0. The lowest BCUT2D eigenvalue weighted by atomic mass is 9.95. The average Bonchev–Trinajstić information content (AvgIpc) is 3.09. The van der Waals surface area contributed by atoms with Crippen molar-refractivity contribution in [2.75, 3.05) is 0 Å². The van der Waals surface area contributed by atoms with Crippen molar-refractivity contribution >= 4 is 19.2 Å². The van der Waals surface area contributed by atoms with Crippen LogP contribution in [0.1, 0.15) is 38.1 Å². The third-order valence-electron chi connectivity index (χ3n) is 3.51. The Hall–Kier alpha value is -2.67. The van der Waals surface area contributed by atoms with Crippen LogP contribution in [0.2, 0.25) is 19.6 Å². The van der Waals surface area contributed by atoms with Gasteiger partial charge in [-0.05, 0) is 10.4 Å². The number of fused-ring (bicyclic) bond motifs is 1. The molecule has 0 aromatic carbocycles. The lowest BCUT2D eigenvalue weighted by molar-refractivity contribution is 0.543. The Balaban J connectivity index is 2.13. The molecule has 0 fully saturated rings. The number of nitrogens with zero attached hydrogens (tertiary/aromatic N) is 9. The molecular formula is C16H23N9Si. The van der Waals surface area contributed by atoms with Gasteiger partial charge in [-0.25, -0.2) is 14.6 Å². The van der Waals surface area contributed by atoms with E-state index in [-0.39, 0.29) is 5.41 Å². The van der Waals surface area contributed by atoms with Gasteiger partial charge in [0.15, 0.2) is 11.3 Å². The topological polar surface area (TPSA) is 100 Å². The number of rotatable bonds is 2. The quantitative estimate of drug-likeness (QED) is 0.496. The van der Waals surface area contributed by atoms with Crippen molar-refractivity contribution in [2.45, 2.75) is 52.4 Å². The molecule has 9 nitrogen and oxygen atoms in total. The molecular weight excluding hydrogens is 346 g/mol. The number of aromatic nitrogens is 9. The smallest absolute Gasteiger partial charge is 0.206 e. The standard InChI is InChI=1S/C16H23N9Si/c1-16(2,3)15-17-11(8-9-26(5,6)7)13-14(18-15)21-25(20-13)10-12-19-22-23-24(12)4/h10H2,1-7H3. The predicted octanol–water partition coefficient (Wildman–Crippen LogP) is 1.32. The fraction of sp³-hybridized carbons (Fsp3) is 0.562. The molecule has 3 aromatic heterocycles. The van der Waals surface area contributed by atoms with E-state index in [1.807, 2.05) is 0 Å². The van der Waals surface area contributed by atoms with Gasteiger partial charge >= 0.3 is 0 Å². The highest BCUT2D eigenvalue weighted by Gasteiger charge is 2.22. The van der Waals surface area contributed by atoms with Gasteiger partial charge in [-0.3, -0.25) is 0 Å². The van der Waals surface area contributed by atoms with Crippen LogP contribution in [0.15, 0.2) is 0 Å². The molecule has 3 heterocycles. The lowest BCUT2D eigenvalue weighted by Crippen LogP contribution is -2.18. The first-order chi connectivity index (χ1) is 12.0. The molecule has 0 saturated carbocycles. The Bertz CT molecular complexity index is 1010. The molecule has 3 rings (SSSR count). The van der Waals surface area contributed by atoms with E-state index in [9.17, 15) is 0 Å². The molecule has 136 valence electrons. The fourth-order valence-electron chi connectivity index (χ4n) is 2.10. The summed E-state index contributed by atoms with van der Waals surface area (Å²) in [6.07, 6.45) is 0. The highest BCUT2D eigenvalue weighted by Crippen LogP contribution is 2.21. The van der Waals surface area contributed by atoms with Crippen LogP contribution in [0.5, 0.6) is 0 Å². The summed E-state index contributed by atoms with van der Waals surface area (Å²) < 4.78 is 1.59. The fourth-order valence-corrected chi connectivity index (χ4v) is 2.59. The largest absolute Gasteiger partial charge is 0.231 e. The predicted molar refractivity (Wildman–Crippen MR) is 99.9 cm³/mol. The van der Waals surface area contributed by atoms with Crippen molar-refractivity contribution in [3.8, 4) is 11.5 Å². The van der Waals surface area contributed by atoms with E-state index < -0.39 is 8.07 Å². The molecule has 26 heavy (non-hydrogen) atoms. The number of aryl methyl sites for hydroxylation is 1. The van der Waals surface area contributed by atoms with Gasteiger partial charge in [-0.15, -0.1) is 20.8 Å². The summed E-state index contributed by atoms with van der Waals surface area (Å²) in [5.74, 6) is 4.59. The Kier molecular flexibility index (Phi) is 4.35. The van der Waals surface area contributed by atoms with E-state index >= 15 is 0 Å². The molecule has 0 bridgehead atoms. The molecule has 10 heteroatoms. The Labute approximate surface area is 153 Å². The maximum atomic E-state index is 4.68. The zero-order valence-electron chi connectivity index (χ0n) is 16.2. The van der Waals surface area contributed by atoms with E-state index in [0.717, 1.165) is 0 Å². The van der Waals surface area contributed by atoms with Crippen LogP contribution in [0.3, 0.4) is 0 Å². The molecule has 0 N–H and O–H groups in total. The SMILES string of the molecule is Cn1nnnc1Cn1nc2nc(C(C)(C)C)nc(C#C[Si](C)(C)C)c2n1. The summed E-state index contributed by atoms with van der Waals surface area (Å²) >= 11 is 0.